The minimum atomic E-state index is -1.01. The van der Waals surface area contributed by atoms with E-state index >= 15 is 0 Å². The summed E-state index contributed by atoms with van der Waals surface area (Å²) in [5, 5.41) is 11.5. The number of amides is 1. The summed E-state index contributed by atoms with van der Waals surface area (Å²) in [7, 11) is 2.87. The van der Waals surface area contributed by atoms with Gasteiger partial charge in [-0.05, 0) is 6.42 Å². The van der Waals surface area contributed by atoms with Crippen molar-refractivity contribution in [3.05, 3.63) is 17.2 Å². The van der Waals surface area contributed by atoms with E-state index in [2.05, 4.69) is 5.32 Å². The molecular formula is C13H17ClN2O5. The summed E-state index contributed by atoms with van der Waals surface area (Å²) in [6.45, 7) is 0. The first-order valence-electron chi connectivity index (χ1n) is 6.08. The zero-order valence-corrected chi connectivity index (χ0v) is 12.4. The third kappa shape index (κ3) is 4.80. The fourth-order valence-corrected chi connectivity index (χ4v) is 1.82. The molecule has 0 saturated carbocycles. The van der Waals surface area contributed by atoms with Crippen LogP contribution in [0.5, 0.6) is 11.5 Å². The molecule has 0 saturated heterocycles. The van der Waals surface area contributed by atoms with Crippen molar-refractivity contribution in [2.24, 2.45) is 5.73 Å². The zero-order chi connectivity index (χ0) is 16.0. The summed E-state index contributed by atoms with van der Waals surface area (Å²) in [5.41, 5.74) is 5.97. The molecule has 1 atom stereocenters. The first-order valence-corrected chi connectivity index (χ1v) is 6.46. The number of methoxy groups -OCH3 is 2. The molecule has 0 aromatic heterocycles. The third-order valence-electron chi connectivity index (χ3n) is 2.74. The maximum absolute atomic E-state index is 11.9. The van der Waals surface area contributed by atoms with Crippen LogP contribution in [0.1, 0.15) is 12.8 Å². The molecule has 1 aromatic carbocycles. The molecule has 1 rings (SSSR count). The second-order valence-corrected chi connectivity index (χ2v) is 4.62. The lowest BCUT2D eigenvalue weighted by atomic mass is 10.1. The van der Waals surface area contributed by atoms with Crippen molar-refractivity contribution < 1.29 is 24.2 Å². The number of nitrogens with two attached hydrogens (primary N) is 1. The predicted molar refractivity (Wildman–Crippen MR) is 78.0 cm³/mol. The first kappa shape index (κ1) is 17.1. The lowest BCUT2D eigenvalue weighted by Gasteiger charge is -2.15. The number of hydrogen-bond donors (Lipinski definition) is 3. The summed E-state index contributed by atoms with van der Waals surface area (Å²) in [6, 6.07) is 2.06. The van der Waals surface area contributed by atoms with Gasteiger partial charge < -0.3 is 25.6 Å². The number of anilines is 1. The van der Waals surface area contributed by atoms with Crippen LogP contribution in [0, 0.1) is 0 Å². The van der Waals surface area contributed by atoms with Crippen LogP contribution in [0.25, 0.3) is 0 Å². The van der Waals surface area contributed by atoms with Crippen LogP contribution in [-0.2, 0) is 9.59 Å². The molecule has 7 nitrogen and oxygen atoms in total. The van der Waals surface area contributed by atoms with Gasteiger partial charge in [0.1, 0.15) is 11.5 Å². The standard InChI is InChI=1S/C13H17ClN2O5/c1-20-10-6-9(11(21-2)5-7(10)14)16-13(19)8(15)3-4-12(17)18/h5-6,8H,3-4,15H2,1-2H3,(H,16,19)(H,17,18). The third-order valence-corrected chi connectivity index (χ3v) is 3.03. The smallest absolute Gasteiger partial charge is 0.303 e. The summed E-state index contributed by atoms with van der Waals surface area (Å²) in [4.78, 5) is 22.4. The Bertz CT molecular complexity index is 536. The van der Waals surface area contributed by atoms with Gasteiger partial charge in [0.25, 0.3) is 0 Å². The largest absolute Gasteiger partial charge is 0.495 e. The fraction of sp³-hybridized carbons (Fsp3) is 0.385. The zero-order valence-electron chi connectivity index (χ0n) is 11.7. The van der Waals surface area contributed by atoms with E-state index in [4.69, 9.17) is 31.9 Å². The van der Waals surface area contributed by atoms with E-state index in [1.807, 2.05) is 0 Å². The molecule has 0 bridgehead atoms. The Labute approximate surface area is 127 Å². The monoisotopic (exact) mass is 316 g/mol. The maximum Gasteiger partial charge on any atom is 0.303 e. The van der Waals surface area contributed by atoms with Crippen LogP contribution in [0.4, 0.5) is 5.69 Å². The number of carbonyl (C=O) groups excluding carboxylic acids is 1. The van der Waals surface area contributed by atoms with Crippen molar-refractivity contribution in [1.29, 1.82) is 0 Å². The molecule has 0 aliphatic rings. The van der Waals surface area contributed by atoms with E-state index in [-0.39, 0.29) is 12.8 Å². The number of carbonyl (C=O) groups is 2. The van der Waals surface area contributed by atoms with Crippen LogP contribution < -0.4 is 20.5 Å². The first-order chi connectivity index (χ1) is 9.88. The lowest BCUT2D eigenvalue weighted by molar-refractivity contribution is -0.137. The van der Waals surface area contributed by atoms with Crippen LogP contribution >= 0.6 is 11.6 Å². The van der Waals surface area contributed by atoms with Gasteiger partial charge in [-0.1, -0.05) is 11.6 Å². The van der Waals surface area contributed by atoms with E-state index in [1.54, 1.807) is 0 Å². The van der Waals surface area contributed by atoms with Gasteiger partial charge in [0.15, 0.2) is 0 Å². The Morgan fingerprint density at radius 2 is 1.95 bits per heavy atom. The average molecular weight is 317 g/mol. The van der Waals surface area contributed by atoms with Crippen molar-refractivity contribution in [2.75, 3.05) is 19.5 Å². The van der Waals surface area contributed by atoms with Gasteiger partial charge in [0, 0.05) is 18.6 Å². The maximum atomic E-state index is 11.9. The van der Waals surface area contributed by atoms with Gasteiger partial charge in [-0.3, -0.25) is 9.59 Å². The van der Waals surface area contributed by atoms with Gasteiger partial charge in [0.2, 0.25) is 5.91 Å². The van der Waals surface area contributed by atoms with Crippen molar-refractivity contribution >= 4 is 29.2 Å². The molecule has 0 aliphatic carbocycles. The molecule has 1 unspecified atom stereocenters. The van der Waals surface area contributed by atoms with Gasteiger partial charge in [0.05, 0.1) is 31.0 Å². The molecule has 8 heteroatoms. The van der Waals surface area contributed by atoms with Crippen LogP contribution in [0.2, 0.25) is 5.02 Å². The second kappa shape index (κ2) is 7.70. The van der Waals surface area contributed by atoms with Gasteiger partial charge in [-0.25, -0.2) is 0 Å². The van der Waals surface area contributed by atoms with E-state index in [1.165, 1.54) is 26.4 Å². The number of halogens is 1. The Kier molecular flexibility index (Phi) is 6.26. The fourth-order valence-electron chi connectivity index (χ4n) is 1.59. The highest BCUT2D eigenvalue weighted by Crippen LogP contribution is 2.35. The average Bonchev–Trinajstić information content (AvgIpc) is 2.45. The highest BCUT2D eigenvalue weighted by atomic mass is 35.5. The normalized spacial score (nSPS) is 11.6. The Hall–Kier alpha value is -1.99. The van der Waals surface area contributed by atoms with Crippen LogP contribution in [-0.4, -0.2) is 37.2 Å². The predicted octanol–water partition coefficient (Wildman–Crippen LogP) is 1.49. The highest BCUT2D eigenvalue weighted by molar-refractivity contribution is 6.32. The number of ether oxygens (including phenoxy) is 2. The summed E-state index contributed by atoms with van der Waals surface area (Å²) in [6.07, 6.45) is -0.149. The number of carboxylic acids is 1. The number of carboxylic acid groups (broad SMARTS) is 1. The Morgan fingerprint density at radius 3 is 2.48 bits per heavy atom. The summed E-state index contributed by atoms with van der Waals surface area (Å²) in [5.74, 6) is -0.811. The molecule has 0 aliphatic heterocycles. The number of nitrogens with one attached hydrogen (secondary N) is 1. The Morgan fingerprint density at radius 1 is 1.33 bits per heavy atom. The van der Waals surface area contributed by atoms with Crippen molar-refractivity contribution in [3.63, 3.8) is 0 Å². The number of aliphatic carboxylic acids is 1. The molecule has 4 N–H and O–H groups in total. The van der Waals surface area contributed by atoms with Crippen LogP contribution in [0.3, 0.4) is 0 Å². The second-order valence-electron chi connectivity index (χ2n) is 4.22. The van der Waals surface area contributed by atoms with E-state index in [9.17, 15) is 9.59 Å². The van der Waals surface area contributed by atoms with Gasteiger partial charge in [-0.2, -0.15) is 0 Å². The molecule has 0 radical (unpaired) electrons. The highest BCUT2D eigenvalue weighted by Gasteiger charge is 2.18. The number of rotatable bonds is 7. The SMILES string of the molecule is COc1cc(NC(=O)C(N)CCC(=O)O)c(OC)cc1Cl. The molecule has 1 aromatic rings. The van der Waals surface area contributed by atoms with E-state index in [0.717, 1.165) is 0 Å². The van der Waals surface area contributed by atoms with E-state index in [0.29, 0.717) is 22.2 Å². The topological polar surface area (TPSA) is 111 Å². The van der Waals surface area contributed by atoms with Crippen molar-refractivity contribution in [1.82, 2.24) is 0 Å². The number of benzene rings is 1. The van der Waals surface area contributed by atoms with Crippen molar-refractivity contribution in [3.8, 4) is 11.5 Å². The summed E-state index contributed by atoms with van der Waals surface area (Å²) < 4.78 is 10.2. The molecule has 21 heavy (non-hydrogen) atoms. The molecular weight excluding hydrogens is 300 g/mol. The molecule has 0 heterocycles. The minimum absolute atomic E-state index is 0.0359. The molecule has 0 fully saturated rings. The molecule has 0 spiro atoms. The molecule has 116 valence electrons. The molecule has 1 amide bonds. The van der Waals surface area contributed by atoms with Crippen molar-refractivity contribution in [2.45, 2.75) is 18.9 Å². The lowest BCUT2D eigenvalue weighted by Crippen LogP contribution is -2.36. The van der Waals surface area contributed by atoms with Gasteiger partial charge >= 0.3 is 5.97 Å². The quantitative estimate of drug-likeness (QED) is 0.702. The minimum Gasteiger partial charge on any atom is -0.495 e. The van der Waals surface area contributed by atoms with Gasteiger partial charge in [-0.15, -0.1) is 0 Å². The van der Waals surface area contributed by atoms with E-state index < -0.39 is 17.9 Å². The Balaban J connectivity index is 2.85. The van der Waals surface area contributed by atoms with Crippen LogP contribution in [0.15, 0.2) is 12.1 Å². The number of hydrogen-bond acceptors (Lipinski definition) is 5. The summed E-state index contributed by atoms with van der Waals surface area (Å²) >= 11 is 5.96.